The Morgan fingerprint density at radius 1 is 1.15 bits per heavy atom. The van der Waals surface area contributed by atoms with Gasteiger partial charge in [0.1, 0.15) is 5.76 Å². The standard InChI is InChI=1S/C19H21N5O3/c1-22-8-10-23(11-9-22)19(26)16-15-6-2-3-7-24(15)17(21-16)18(25)20-13-14-5-4-12-27-14/h2-7,12H,8-11,13H2,1H3,(H,20,25). The molecule has 0 radical (unpaired) electrons. The van der Waals surface area contributed by atoms with Crippen LogP contribution < -0.4 is 5.32 Å². The normalized spacial score (nSPS) is 15.2. The van der Waals surface area contributed by atoms with Crippen molar-refractivity contribution in [3.05, 3.63) is 60.1 Å². The average Bonchev–Trinajstić information content (AvgIpc) is 3.34. The van der Waals surface area contributed by atoms with Crippen LogP contribution in [0.4, 0.5) is 0 Å². The number of fused-ring (bicyclic) bond motifs is 1. The highest BCUT2D eigenvalue weighted by molar-refractivity contribution is 6.02. The molecule has 1 aliphatic heterocycles. The van der Waals surface area contributed by atoms with E-state index < -0.39 is 0 Å². The third kappa shape index (κ3) is 3.43. The highest BCUT2D eigenvalue weighted by Crippen LogP contribution is 2.16. The van der Waals surface area contributed by atoms with Crippen molar-refractivity contribution in [3.8, 4) is 0 Å². The molecule has 140 valence electrons. The van der Waals surface area contributed by atoms with Crippen molar-refractivity contribution in [2.45, 2.75) is 6.54 Å². The van der Waals surface area contributed by atoms with Gasteiger partial charge in [-0.25, -0.2) is 4.98 Å². The van der Waals surface area contributed by atoms with Gasteiger partial charge in [0.15, 0.2) is 5.69 Å². The van der Waals surface area contributed by atoms with E-state index in [1.165, 1.54) is 0 Å². The molecule has 2 amide bonds. The first-order chi connectivity index (χ1) is 13.1. The topological polar surface area (TPSA) is 83.1 Å². The highest BCUT2D eigenvalue weighted by atomic mass is 16.3. The van der Waals surface area contributed by atoms with Crippen LogP contribution in [-0.4, -0.2) is 64.2 Å². The van der Waals surface area contributed by atoms with Crippen molar-refractivity contribution in [3.63, 3.8) is 0 Å². The van der Waals surface area contributed by atoms with Crippen LogP contribution in [0.3, 0.4) is 0 Å². The molecule has 8 nitrogen and oxygen atoms in total. The molecule has 1 N–H and O–H groups in total. The Morgan fingerprint density at radius 2 is 1.96 bits per heavy atom. The lowest BCUT2D eigenvalue weighted by Gasteiger charge is -2.32. The first-order valence-corrected chi connectivity index (χ1v) is 8.89. The molecule has 4 rings (SSSR count). The van der Waals surface area contributed by atoms with E-state index in [9.17, 15) is 9.59 Å². The molecule has 0 atom stereocenters. The van der Waals surface area contributed by atoms with Gasteiger partial charge in [-0.15, -0.1) is 0 Å². The van der Waals surface area contributed by atoms with Crippen molar-refractivity contribution in [1.82, 2.24) is 24.5 Å². The maximum absolute atomic E-state index is 13.0. The number of pyridine rings is 1. The number of imidazole rings is 1. The summed E-state index contributed by atoms with van der Waals surface area (Å²) < 4.78 is 6.89. The minimum absolute atomic E-state index is 0.142. The molecule has 8 heteroatoms. The molecule has 0 saturated carbocycles. The first kappa shape index (κ1) is 17.3. The second kappa shape index (κ2) is 7.24. The van der Waals surface area contributed by atoms with Crippen LogP contribution in [0.15, 0.2) is 47.2 Å². The van der Waals surface area contributed by atoms with Crippen molar-refractivity contribution in [1.29, 1.82) is 0 Å². The number of amides is 2. The number of rotatable bonds is 4. The van der Waals surface area contributed by atoms with Crippen molar-refractivity contribution >= 4 is 17.3 Å². The van der Waals surface area contributed by atoms with Crippen molar-refractivity contribution in [2.24, 2.45) is 0 Å². The van der Waals surface area contributed by atoms with Crippen molar-refractivity contribution < 1.29 is 14.0 Å². The number of carbonyl (C=O) groups is 2. The highest BCUT2D eigenvalue weighted by Gasteiger charge is 2.26. The number of likely N-dealkylation sites (N-methyl/N-ethyl adjacent to an activating group) is 1. The van der Waals surface area contributed by atoms with Gasteiger partial charge >= 0.3 is 0 Å². The predicted molar refractivity (Wildman–Crippen MR) is 98.5 cm³/mol. The van der Waals surface area contributed by atoms with Gasteiger partial charge in [0.25, 0.3) is 11.8 Å². The zero-order valence-corrected chi connectivity index (χ0v) is 15.1. The largest absolute Gasteiger partial charge is 0.467 e. The minimum Gasteiger partial charge on any atom is -0.467 e. The van der Waals surface area contributed by atoms with E-state index in [0.717, 1.165) is 13.1 Å². The van der Waals surface area contributed by atoms with Gasteiger partial charge in [0, 0.05) is 32.4 Å². The molecule has 4 heterocycles. The van der Waals surface area contributed by atoms with Gasteiger partial charge in [-0.2, -0.15) is 0 Å². The number of hydrogen-bond donors (Lipinski definition) is 1. The predicted octanol–water partition coefficient (Wildman–Crippen LogP) is 1.24. The van der Waals surface area contributed by atoms with Gasteiger partial charge < -0.3 is 19.5 Å². The quantitative estimate of drug-likeness (QED) is 0.750. The van der Waals surface area contributed by atoms with E-state index in [4.69, 9.17) is 4.42 Å². The summed E-state index contributed by atoms with van der Waals surface area (Å²) in [5.41, 5.74) is 0.938. The van der Waals surface area contributed by atoms with Gasteiger partial charge in [0.05, 0.1) is 18.3 Å². The van der Waals surface area contributed by atoms with E-state index >= 15 is 0 Å². The lowest BCUT2D eigenvalue weighted by atomic mass is 10.2. The molecule has 1 aliphatic rings. The zero-order valence-electron chi connectivity index (χ0n) is 15.1. The van der Waals surface area contributed by atoms with Crippen LogP contribution in [0.2, 0.25) is 0 Å². The third-order valence-corrected chi connectivity index (χ3v) is 4.75. The molecular weight excluding hydrogens is 346 g/mol. The lowest BCUT2D eigenvalue weighted by Crippen LogP contribution is -2.47. The Balaban J connectivity index is 1.60. The monoisotopic (exact) mass is 367 g/mol. The van der Waals surface area contributed by atoms with E-state index in [1.54, 1.807) is 40.0 Å². The summed E-state index contributed by atoms with van der Waals surface area (Å²) in [6, 6.07) is 9.00. The summed E-state index contributed by atoms with van der Waals surface area (Å²) in [6.45, 7) is 3.22. The van der Waals surface area contributed by atoms with Crippen LogP contribution in [-0.2, 0) is 6.54 Å². The van der Waals surface area contributed by atoms with Gasteiger partial charge in [-0.3, -0.25) is 14.0 Å². The Kier molecular flexibility index (Phi) is 4.64. The Hall–Kier alpha value is -3.13. The number of furan rings is 1. The molecule has 27 heavy (non-hydrogen) atoms. The fraction of sp³-hybridized carbons (Fsp3) is 0.316. The maximum atomic E-state index is 13.0. The Labute approximate surface area is 156 Å². The molecular formula is C19H21N5O3. The number of hydrogen-bond acceptors (Lipinski definition) is 5. The minimum atomic E-state index is -0.356. The zero-order chi connectivity index (χ0) is 18.8. The second-order valence-electron chi connectivity index (χ2n) is 6.60. The van der Waals surface area contributed by atoms with Gasteiger partial charge in [0.2, 0.25) is 5.82 Å². The SMILES string of the molecule is CN1CCN(C(=O)c2nc(C(=O)NCc3ccco3)n3ccccc23)CC1. The fourth-order valence-corrected chi connectivity index (χ4v) is 3.17. The number of carbonyl (C=O) groups excluding carboxylic acids is 2. The summed E-state index contributed by atoms with van der Waals surface area (Å²) in [4.78, 5) is 34.0. The summed E-state index contributed by atoms with van der Waals surface area (Å²) >= 11 is 0. The third-order valence-electron chi connectivity index (χ3n) is 4.75. The summed E-state index contributed by atoms with van der Waals surface area (Å²) in [6.07, 6.45) is 3.30. The fourth-order valence-electron chi connectivity index (χ4n) is 3.17. The molecule has 0 bridgehead atoms. The molecule has 3 aromatic heterocycles. The van der Waals surface area contributed by atoms with Crippen LogP contribution in [0.5, 0.6) is 0 Å². The van der Waals surface area contributed by atoms with Crippen LogP contribution in [0.25, 0.3) is 5.52 Å². The molecule has 0 unspecified atom stereocenters. The van der Waals surface area contributed by atoms with Gasteiger partial charge in [-0.1, -0.05) is 6.07 Å². The molecule has 3 aromatic rings. The smallest absolute Gasteiger partial charge is 0.288 e. The lowest BCUT2D eigenvalue weighted by molar-refractivity contribution is 0.0661. The van der Waals surface area contributed by atoms with E-state index in [2.05, 4.69) is 15.2 Å². The van der Waals surface area contributed by atoms with E-state index in [-0.39, 0.29) is 24.2 Å². The first-order valence-electron chi connectivity index (χ1n) is 8.89. The van der Waals surface area contributed by atoms with E-state index in [1.807, 2.05) is 19.2 Å². The molecule has 1 saturated heterocycles. The Bertz CT molecular complexity index is 955. The summed E-state index contributed by atoms with van der Waals surface area (Å²) in [5.74, 6) is 0.342. The molecule has 0 aromatic carbocycles. The average molecular weight is 367 g/mol. The van der Waals surface area contributed by atoms with Crippen LogP contribution >= 0.6 is 0 Å². The number of nitrogens with one attached hydrogen (secondary N) is 1. The molecule has 0 spiro atoms. The number of nitrogens with zero attached hydrogens (tertiary/aromatic N) is 4. The van der Waals surface area contributed by atoms with Crippen LogP contribution in [0.1, 0.15) is 26.9 Å². The maximum Gasteiger partial charge on any atom is 0.288 e. The number of aromatic nitrogens is 2. The second-order valence-corrected chi connectivity index (χ2v) is 6.60. The molecule has 1 fully saturated rings. The van der Waals surface area contributed by atoms with Gasteiger partial charge in [-0.05, 0) is 31.3 Å². The summed E-state index contributed by atoms with van der Waals surface area (Å²) in [7, 11) is 2.04. The summed E-state index contributed by atoms with van der Waals surface area (Å²) in [5, 5.41) is 2.78. The Morgan fingerprint density at radius 3 is 2.70 bits per heavy atom. The van der Waals surface area contributed by atoms with Crippen LogP contribution in [0, 0.1) is 0 Å². The van der Waals surface area contributed by atoms with Crippen molar-refractivity contribution in [2.75, 3.05) is 33.2 Å². The molecule has 0 aliphatic carbocycles. The van der Waals surface area contributed by atoms with E-state index in [0.29, 0.717) is 30.1 Å². The number of piperazine rings is 1.